The smallest absolute Gasteiger partial charge is 0.196 e. The molecule has 0 saturated carbocycles. The highest BCUT2D eigenvalue weighted by Gasteiger charge is 2.34. The number of fused-ring (bicyclic) bond motifs is 2. The molecule has 2 aromatic rings. The Hall–Kier alpha value is -1.64. The molecule has 0 atom stereocenters. The molecule has 106 valence electrons. The van der Waals surface area contributed by atoms with Gasteiger partial charge < -0.3 is 0 Å². The van der Waals surface area contributed by atoms with Gasteiger partial charge in [0.25, 0.3) is 0 Å². The molecule has 21 heavy (non-hydrogen) atoms. The van der Waals surface area contributed by atoms with Crippen molar-refractivity contribution in [1.82, 2.24) is 0 Å². The Morgan fingerprint density at radius 2 is 1.38 bits per heavy atom. The zero-order chi connectivity index (χ0) is 15.3. The first-order valence-electron chi connectivity index (χ1n) is 6.67. The third-order valence-electron chi connectivity index (χ3n) is 3.88. The lowest BCUT2D eigenvalue weighted by Gasteiger charge is -2.21. The van der Waals surface area contributed by atoms with E-state index in [1.54, 1.807) is 24.3 Å². The van der Waals surface area contributed by atoms with Gasteiger partial charge in [0.05, 0.1) is 21.2 Å². The second-order valence-corrected chi connectivity index (χ2v) is 5.85. The van der Waals surface area contributed by atoms with Gasteiger partial charge in [-0.2, -0.15) is 0 Å². The van der Waals surface area contributed by atoms with Gasteiger partial charge in [-0.05, 0) is 36.6 Å². The lowest BCUT2D eigenvalue weighted by atomic mass is 9.82. The lowest BCUT2D eigenvalue weighted by molar-refractivity contribution is 0.0979. The molecule has 3 rings (SSSR count). The molecule has 2 aromatic carbocycles. The van der Waals surface area contributed by atoms with Crippen LogP contribution in [0.2, 0.25) is 10.0 Å². The van der Waals surface area contributed by atoms with E-state index in [9.17, 15) is 9.59 Å². The number of carbonyl (C=O) groups is 2. The summed E-state index contributed by atoms with van der Waals surface area (Å²) in [6.07, 6.45) is 0.703. The van der Waals surface area contributed by atoms with E-state index in [0.717, 1.165) is 11.1 Å². The lowest BCUT2D eigenvalue weighted by Crippen LogP contribution is -2.22. The number of hydrogen-bond donors (Lipinski definition) is 0. The number of ketones is 2. The largest absolute Gasteiger partial charge is 0.289 e. The second-order valence-electron chi connectivity index (χ2n) is 5.09. The second kappa shape index (κ2) is 4.97. The summed E-state index contributed by atoms with van der Waals surface area (Å²) in [5, 5.41) is 0.711. The Bertz CT molecular complexity index is 807. The van der Waals surface area contributed by atoms with Crippen LogP contribution in [0.5, 0.6) is 0 Å². The van der Waals surface area contributed by atoms with Gasteiger partial charge in [0.15, 0.2) is 11.6 Å². The molecule has 0 fully saturated rings. The van der Waals surface area contributed by atoms with Crippen LogP contribution in [-0.4, -0.2) is 11.6 Å². The number of rotatable bonds is 1. The standard InChI is InChI=1S/C17H12Cl2O2/c1-3-9-5-7-11-13(15(9)19)17(21)10-6-4-8(2)14(18)12(10)16(11)20/h4-7H,3H2,1-2H3. The topological polar surface area (TPSA) is 34.1 Å². The molecule has 0 aromatic heterocycles. The third kappa shape index (κ3) is 1.94. The van der Waals surface area contributed by atoms with Crippen LogP contribution in [0.4, 0.5) is 0 Å². The SMILES string of the molecule is CCc1ccc2c(c1Cl)C(=O)c1ccc(C)c(Cl)c1C2=O. The normalized spacial score (nSPS) is 13.1. The van der Waals surface area contributed by atoms with Gasteiger partial charge in [-0.15, -0.1) is 0 Å². The molecule has 0 unspecified atom stereocenters. The predicted molar refractivity (Wildman–Crippen MR) is 83.9 cm³/mol. The molecule has 0 N–H and O–H groups in total. The summed E-state index contributed by atoms with van der Waals surface area (Å²) in [5.41, 5.74) is 2.89. The molecule has 0 spiro atoms. The van der Waals surface area contributed by atoms with E-state index in [2.05, 4.69) is 0 Å². The molecular weight excluding hydrogens is 307 g/mol. The summed E-state index contributed by atoms with van der Waals surface area (Å²) >= 11 is 12.5. The zero-order valence-corrected chi connectivity index (χ0v) is 13.1. The Morgan fingerprint density at radius 1 is 0.857 bits per heavy atom. The van der Waals surface area contributed by atoms with E-state index in [1.807, 2.05) is 13.8 Å². The number of aryl methyl sites for hydroxylation is 2. The van der Waals surface area contributed by atoms with Crippen LogP contribution in [0.3, 0.4) is 0 Å². The quantitative estimate of drug-likeness (QED) is 0.655. The highest BCUT2D eigenvalue weighted by atomic mass is 35.5. The molecule has 4 heteroatoms. The van der Waals surface area contributed by atoms with Crippen molar-refractivity contribution in [2.75, 3.05) is 0 Å². The van der Waals surface area contributed by atoms with Gasteiger partial charge >= 0.3 is 0 Å². The average Bonchev–Trinajstić information content (AvgIpc) is 2.47. The minimum absolute atomic E-state index is 0.234. The van der Waals surface area contributed by atoms with Crippen molar-refractivity contribution < 1.29 is 9.59 Å². The Labute approximate surface area is 132 Å². The van der Waals surface area contributed by atoms with Gasteiger partial charge in [-0.25, -0.2) is 0 Å². The average molecular weight is 319 g/mol. The summed E-state index contributed by atoms with van der Waals surface area (Å²) < 4.78 is 0. The van der Waals surface area contributed by atoms with Crippen molar-refractivity contribution in [3.05, 3.63) is 67.7 Å². The number of hydrogen-bond acceptors (Lipinski definition) is 2. The summed E-state index contributed by atoms with van der Waals surface area (Å²) in [5.74, 6) is -0.473. The number of halogens is 2. The van der Waals surface area contributed by atoms with E-state index in [4.69, 9.17) is 23.2 Å². The van der Waals surface area contributed by atoms with Gasteiger partial charge in [0.1, 0.15) is 0 Å². The highest BCUT2D eigenvalue weighted by Crippen LogP contribution is 2.37. The fourth-order valence-corrected chi connectivity index (χ4v) is 3.30. The Morgan fingerprint density at radius 3 is 1.95 bits per heavy atom. The maximum absolute atomic E-state index is 12.7. The molecule has 0 bridgehead atoms. The molecule has 0 aliphatic heterocycles. The number of carbonyl (C=O) groups excluding carboxylic acids is 2. The van der Waals surface area contributed by atoms with Crippen LogP contribution in [0.15, 0.2) is 24.3 Å². The van der Waals surface area contributed by atoms with Crippen LogP contribution < -0.4 is 0 Å². The molecule has 0 heterocycles. The first-order valence-corrected chi connectivity index (χ1v) is 7.42. The summed E-state index contributed by atoms with van der Waals surface area (Å²) in [4.78, 5) is 25.4. The van der Waals surface area contributed by atoms with Gasteiger partial charge in [0.2, 0.25) is 0 Å². The van der Waals surface area contributed by atoms with E-state index in [1.165, 1.54) is 0 Å². The molecule has 1 aliphatic carbocycles. The van der Waals surface area contributed by atoms with Crippen molar-refractivity contribution >= 4 is 34.8 Å². The van der Waals surface area contributed by atoms with Crippen molar-refractivity contribution in [1.29, 1.82) is 0 Å². The van der Waals surface area contributed by atoms with E-state index < -0.39 is 0 Å². The highest BCUT2D eigenvalue weighted by molar-refractivity contribution is 6.43. The molecule has 0 saturated heterocycles. The first-order chi connectivity index (χ1) is 9.97. The van der Waals surface area contributed by atoms with Gasteiger partial charge in [-0.3, -0.25) is 9.59 Å². The van der Waals surface area contributed by atoms with Gasteiger partial charge in [-0.1, -0.05) is 42.3 Å². The summed E-state index contributed by atoms with van der Waals surface area (Å²) in [6, 6.07) is 6.85. The van der Waals surface area contributed by atoms with Crippen molar-refractivity contribution in [3.8, 4) is 0 Å². The van der Waals surface area contributed by atoms with Crippen LogP contribution >= 0.6 is 23.2 Å². The van der Waals surface area contributed by atoms with Crippen molar-refractivity contribution in [3.63, 3.8) is 0 Å². The number of benzene rings is 2. The van der Waals surface area contributed by atoms with Crippen LogP contribution in [0, 0.1) is 6.92 Å². The van der Waals surface area contributed by atoms with E-state index in [0.29, 0.717) is 33.2 Å². The Balaban J connectivity index is 2.36. The minimum atomic E-state index is -0.238. The van der Waals surface area contributed by atoms with Crippen LogP contribution in [0.25, 0.3) is 0 Å². The van der Waals surface area contributed by atoms with Crippen molar-refractivity contribution in [2.24, 2.45) is 0 Å². The fourth-order valence-electron chi connectivity index (χ4n) is 2.66. The van der Waals surface area contributed by atoms with E-state index in [-0.39, 0.29) is 17.1 Å². The monoisotopic (exact) mass is 318 g/mol. The maximum Gasteiger partial charge on any atom is 0.196 e. The van der Waals surface area contributed by atoms with Crippen molar-refractivity contribution in [2.45, 2.75) is 20.3 Å². The fraction of sp³-hybridized carbons (Fsp3) is 0.176. The third-order valence-corrected chi connectivity index (χ3v) is 4.80. The van der Waals surface area contributed by atoms with Gasteiger partial charge in [0, 0.05) is 11.1 Å². The summed E-state index contributed by atoms with van der Waals surface area (Å²) in [7, 11) is 0. The Kier molecular flexibility index (Phi) is 3.39. The van der Waals surface area contributed by atoms with Crippen LogP contribution in [-0.2, 0) is 6.42 Å². The minimum Gasteiger partial charge on any atom is -0.289 e. The zero-order valence-electron chi connectivity index (χ0n) is 11.6. The molecule has 2 nitrogen and oxygen atoms in total. The molecule has 0 radical (unpaired) electrons. The molecule has 0 amide bonds. The maximum atomic E-state index is 12.7. The van der Waals surface area contributed by atoms with E-state index >= 15 is 0 Å². The predicted octanol–water partition coefficient (Wildman–Crippen LogP) is 4.64. The molecular formula is C17H12Cl2O2. The molecule has 1 aliphatic rings. The summed E-state index contributed by atoms with van der Waals surface area (Å²) in [6.45, 7) is 3.76. The van der Waals surface area contributed by atoms with Crippen LogP contribution in [0.1, 0.15) is 49.9 Å². The first kappa shape index (κ1) is 14.3.